The maximum atomic E-state index is 13.4. The number of hydrogen-bond donors (Lipinski definition) is 3. The highest BCUT2D eigenvalue weighted by atomic mass is 19.3. The molecule has 5 rings (SSSR count). The fourth-order valence-electron chi connectivity index (χ4n) is 5.37. The summed E-state index contributed by atoms with van der Waals surface area (Å²) in [5.74, 6) is -8.27. The number of amides is 2. The van der Waals surface area contributed by atoms with E-state index in [1.165, 1.54) is 0 Å². The molecule has 0 heterocycles. The van der Waals surface area contributed by atoms with Crippen LogP contribution >= 0.6 is 0 Å². The lowest BCUT2D eigenvalue weighted by Gasteiger charge is -2.35. The molecule has 2 unspecified atom stereocenters. The molecule has 0 radical (unpaired) electrons. The van der Waals surface area contributed by atoms with Crippen LogP contribution in [0, 0.1) is 17.8 Å². The van der Waals surface area contributed by atoms with E-state index in [0.717, 1.165) is 22.3 Å². The van der Waals surface area contributed by atoms with Gasteiger partial charge in [0.05, 0.1) is 5.92 Å². The van der Waals surface area contributed by atoms with Crippen molar-refractivity contribution in [2.75, 3.05) is 13.2 Å². The molecule has 2 amide bonds. The smallest absolute Gasteiger partial charge is 0.407 e. The van der Waals surface area contributed by atoms with Gasteiger partial charge in [0.25, 0.3) is 5.92 Å². The Balaban J connectivity index is 1.03. The molecule has 0 saturated heterocycles. The van der Waals surface area contributed by atoms with Crippen molar-refractivity contribution in [3.63, 3.8) is 0 Å². The molecule has 3 N–H and O–H groups in total. The minimum absolute atomic E-state index is 0.0226. The van der Waals surface area contributed by atoms with E-state index in [9.17, 15) is 23.2 Å². The Hall–Kier alpha value is -3.49. The first-order valence-corrected chi connectivity index (χ1v) is 11.7. The van der Waals surface area contributed by atoms with E-state index < -0.39 is 29.8 Å². The number of alkyl halides is 2. The van der Waals surface area contributed by atoms with E-state index in [1.807, 2.05) is 24.3 Å². The number of alkyl carbamates (subject to hydrolysis) is 1. The number of carboxylic acids is 1. The van der Waals surface area contributed by atoms with Crippen molar-refractivity contribution in [2.24, 2.45) is 17.8 Å². The zero-order chi connectivity index (χ0) is 24.7. The lowest BCUT2D eigenvalue weighted by atomic mass is 9.78. The third-order valence-electron chi connectivity index (χ3n) is 7.36. The molecule has 184 valence electrons. The molecule has 0 bridgehead atoms. The molecule has 2 saturated carbocycles. The van der Waals surface area contributed by atoms with Gasteiger partial charge >= 0.3 is 12.1 Å². The number of ether oxygens (including phenoxy) is 1. The molecule has 2 fully saturated rings. The minimum atomic E-state index is -3.27. The van der Waals surface area contributed by atoms with Crippen molar-refractivity contribution in [1.82, 2.24) is 10.6 Å². The SMILES string of the molecule is O=C(CC1CC(NC(=O)OCC2c3ccccc3-c3ccccc32)C1)NCC1C(C(=O)O)C1(F)F. The fraction of sp³-hybridized carbons (Fsp3) is 0.423. The number of carbonyl (C=O) groups excluding carboxylic acids is 2. The predicted molar refractivity (Wildman–Crippen MR) is 122 cm³/mol. The fourth-order valence-corrected chi connectivity index (χ4v) is 5.37. The summed E-state index contributed by atoms with van der Waals surface area (Å²) in [5.41, 5.74) is 4.58. The van der Waals surface area contributed by atoms with E-state index in [-0.39, 0.29) is 43.4 Å². The van der Waals surface area contributed by atoms with Gasteiger partial charge in [-0.05, 0) is 41.0 Å². The maximum absolute atomic E-state index is 13.4. The first kappa shape index (κ1) is 23.3. The molecule has 0 spiro atoms. The molecule has 0 aromatic heterocycles. The number of aliphatic carboxylic acids is 1. The summed E-state index contributed by atoms with van der Waals surface area (Å²) in [6, 6.07) is 16.1. The van der Waals surface area contributed by atoms with Gasteiger partial charge in [-0.25, -0.2) is 13.6 Å². The van der Waals surface area contributed by atoms with E-state index in [1.54, 1.807) is 0 Å². The van der Waals surface area contributed by atoms with Gasteiger partial charge in [0, 0.05) is 24.9 Å². The van der Waals surface area contributed by atoms with Crippen LogP contribution in [-0.2, 0) is 14.3 Å². The first-order chi connectivity index (χ1) is 16.8. The van der Waals surface area contributed by atoms with Crippen molar-refractivity contribution in [1.29, 1.82) is 0 Å². The highest BCUT2D eigenvalue weighted by Crippen LogP contribution is 2.55. The van der Waals surface area contributed by atoms with E-state index >= 15 is 0 Å². The summed E-state index contributed by atoms with van der Waals surface area (Å²) in [4.78, 5) is 35.2. The third kappa shape index (κ3) is 4.47. The predicted octanol–water partition coefficient (Wildman–Crippen LogP) is 3.78. The average molecular weight is 484 g/mol. The van der Waals surface area contributed by atoms with Gasteiger partial charge in [-0.3, -0.25) is 9.59 Å². The molecule has 9 heteroatoms. The number of halogens is 2. The first-order valence-electron chi connectivity index (χ1n) is 11.7. The van der Waals surface area contributed by atoms with Gasteiger partial charge in [-0.15, -0.1) is 0 Å². The molecule has 7 nitrogen and oxygen atoms in total. The van der Waals surface area contributed by atoms with Crippen LogP contribution in [0.25, 0.3) is 11.1 Å². The van der Waals surface area contributed by atoms with Crippen molar-refractivity contribution in [3.05, 3.63) is 59.7 Å². The second kappa shape index (κ2) is 8.94. The summed E-state index contributed by atoms with van der Waals surface area (Å²) < 4.78 is 32.3. The molecule has 2 aromatic rings. The Kier molecular flexibility index (Phi) is 5.94. The van der Waals surface area contributed by atoms with Crippen LogP contribution < -0.4 is 10.6 Å². The van der Waals surface area contributed by atoms with Crippen LogP contribution in [-0.4, -0.2) is 48.2 Å². The molecule has 2 aromatic carbocycles. The molecule has 3 aliphatic rings. The Morgan fingerprint density at radius 2 is 1.60 bits per heavy atom. The average Bonchev–Trinajstić information content (AvgIpc) is 3.22. The van der Waals surface area contributed by atoms with Gasteiger partial charge in [0.2, 0.25) is 5.91 Å². The normalized spacial score (nSPS) is 25.5. The van der Waals surface area contributed by atoms with Crippen molar-refractivity contribution in [3.8, 4) is 11.1 Å². The molecule has 35 heavy (non-hydrogen) atoms. The maximum Gasteiger partial charge on any atom is 0.407 e. The quantitative estimate of drug-likeness (QED) is 0.529. The number of nitrogens with one attached hydrogen (secondary N) is 2. The monoisotopic (exact) mass is 484 g/mol. The molecule has 3 aliphatic carbocycles. The number of benzene rings is 2. The molecular weight excluding hydrogens is 458 g/mol. The summed E-state index contributed by atoms with van der Waals surface area (Å²) >= 11 is 0. The van der Waals surface area contributed by atoms with Gasteiger partial charge in [-0.2, -0.15) is 0 Å². The van der Waals surface area contributed by atoms with Crippen molar-refractivity contribution in [2.45, 2.75) is 37.1 Å². The minimum Gasteiger partial charge on any atom is -0.481 e. The van der Waals surface area contributed by atoms with Crippen LogP contribution in [0.5, 0.6) is 0 Å². The van der Waals surface area contributed by atoms with Crippen LogP contribution in [0.1, 0.15) is 36.3 Å². The largest absolute Gasteiger partial charge is 0.481 e. The zero-order valence-electron chi connectivity index (χ0n) is 18.9. The van der Waals surface area contributed by atoms with E-state index in [4.69, 9.17) is 9.84 Å². The Bertz CT molecular complexity index is 1120. The number of fused-ring (bicyclic) bond motifs is 3. The van der Waals surface area contributed by atoms with Crippen molar-refractivity contribution < 1.29 is 33.0 Å². The highest BCUT2D eigenvalue weighted by molar-refractivity contribution is 5.79. The summed E-state index contributed by atoms with van der Waals surface area (Å²) in [5, 5.41) is 14.0. The van der Waals surface area contributed by atoms with Gasteiger partial charge < -0.3 is 20.5 Å². The van der Waals surface area contributed by atoms with E-state index in [0.29, 0.717) is 12.8 Å². The Labute approximate surface area is 200 Å². The van der Waals surface area contributed by atoms with Crippen LogP contribution in [0.15, 0.2) is 48.5 Å². The van der Waals surface area contributed by atoms with Gasteiger partial charge in [0.15, 0.2) is 0 Å². The summed E-state index contributed by atoms with van der Waals surface area (Å²) in [6.07, 6.45) is 0.832. The van der Waals surface area contributed by atoms with Crippen molar-refractivity contribution >= 4 is 18.0 Å². The lowest BCUT2D eigenvalue weighted by Crippen LogP contribution is -2.46. The standard InChI is InChI=1S/C26H26F2N2O5/c27-26(28)21(23(26)24(32)33)12-29-22(31)11-14-9-15(10-14)30-25(34)35-13-20-18-7-3-1-5-16(18)17-6-2-4-8-19(17)20/h1-8,14-15,20-21,23H,9-13H2,(H,29,31)(H,30,34)(H,32,33). The summed E-state index contributed by atoms with van der Waals surface area (Å²) in [6.45, 7) is -0.126. The topological polar surface area (TPSA) is 105 Å². The molecular formula is C26H26F2N2O5. The zero-order valence-corrected chi connectivity index (χ0v) is 18.9. The summed E-state index contributed by atoms with van der Waals surface area (Å²) in [7, 11) is 0. The number of rotatable bonds is 8. The molecule has 2 atom stereocenters. The Morgan fingerprint density at radius 1 is 1.00 bits per heavy atom. The van der Waals surface area contributed by atoms with Crippen LogP contribution in [0.2, 0.25) is 0 Å². The van der Waals surface area contributed by atoms with Crippen LogP contribution in [0.4, 0.5) is 13.6 Å². The lowest BCUT2D eigenvalue weighted by molar-refractivity contribution is -0.141. The third-order valence-corrected chi connectivity index (χ3v) is 7.36. The number of hydrogen-bond acceptors (Lipinski definition) is 4. The van der Waals surface area contributed by atoms with E-state index in [2.05, 4.69) is 34.9 Å². The second-order valence-electron chi connectivity index (χ2n) is 9.61. The van der Waals surface area contributed by atoms with Crippen LogP contribution in [0.3, 0.4) is 0 Å². The van der Waals surface area contributed by atoms with Gasteiger partial charge in [-0.1, -0.05) is 48.5 Å². The number of carbonyl (C=O) groups is 3. The highest BCUT2D eigenvalue weighted by Gasteiger charge is 2.72. The Morgan fingerprint density at radius 3 is 2.17 bits per heavy atom. The second-order valence-corrected chi connectivity index (χ2v) is 9.61. The number of carboxylic acid groups (broad SMARTS) is 1. The van der Waals surface area contributed by atoms with Gasteiger partial charge in [0.1, 0.15) is 12.5 Å². The molecule has 0 aliphatic heterocycles.